The highest BCUT2D eigenvalue weighted by Crippen LogP contribution is 2.16. The van der Waals surface area contributed by atoms with Crippen LogP contribution in [-0.2, 0) is 9.53 Å². The van der Waals surface area contributed by atoms with Crippen LogP contribution in [0.1, 0.15) is 27.7 Å². The Balaban J connectivity index is 2.58. The number of carbonyl (C=O) groups excluding carboxylic acids is 1. The van der Waals surface area contributed by atoms with Gasteiger partial charge in [-0.15, -0.1) is 0 Å². The molecule has 0 aromatic heterocycles. The minimum absolute atomic E-state index is 0.0671. The van der Waals surface area contributed by atoms with E-state index in [0.717, 1.165) is 13.1 Å². The Bertz CT molecular complexity index is 235. The summed E-state index contributed by atoms with van der Waals surface area (Å²) in [5, 5.41) is 3.49. The highest BCUT2D eigenvalue weighted by molar-refractivity contribution is 5.72. The SMILES string of the molecule is COC(=O)C(C)C(C)N1CC(C)NC(C)C1. The maximum atomic E-state index is 11.5. The number of esters is 1. The van der Waals surface area contributed by atoms with Gasteiger partial charge in [0, 0.05) is 31.2 Å². The number of ether oxygens (including phenoxy) is 1. The van der Waals surface area contributed by atoms with Crippen molar-refractivity contribution in [3.63, 3.8) is 0 Å². The first kappa shape index (κ1) is 13.5. The van der Waals surface area contributed by atoms with Gasteiger partial charge in [0.25, 0.3) is 0 Å². The lowest BCUT2D eigenvalue weighted by molar-refractivity contribution is -0.147. The van der Waals surface area contributed by atoms with Crippen LogP contribution in [0.25, 0.3) is 0 Å². The first-order valence-electron chi connectivity index (χ1n) is 6.03. The molecule has 0 bridgehead atoms. The first-order valence-corrected chi connectivity index (χ1v) is 6.03. The number of hydrogen-bond donors (Lipinski definition) is 1. The third-order valence-corrected chi connectivity index (χ3v) is 3.46. The molecule has 1 aliphatic heterocycles. The van der Waals surface area contributed by atoms with Crippen LogP contribution in [0.3, 0.4) is 0 Å². The van der Waals surface area contributed by atoms with E-state index in [2.05, 4.69) is 31.0 Å². The van der Waals surface area contributed by atoms with Crippen LogP contribution < -0.4 is 5.32 Å². The van der Waals surface area contributed by atoms with E-state index < -0.39 is 0 Å². The van der Waals surface area contributed by atoms with Crippen LogP contribution in [0.2, 0.25) is 0 Å². The molecule has 1 fully saturated rings. The fourth-order valence-electron chi connectivity index (χ4n) is 2.40. The number of methoxy groups -OCH3 is 1. The molecule has 0 aromatic rings. The van der Waals surface area contributed by atoms with Crippen LogP contribution >= 0.6 is 0 Å². The molecule has 1 heterocycles. The van der Waals surface area contributed by atoms with E-state index >= 15 is 0 Å². The zero-order valence-electron chi connectivity index (χ0n) is 11.0. The average Bonchev–Trinajstić information content (AvgIpc) is 2.24. The van der Waals surface area contributed by atoms with E-state index in [-0.39, 0.29) is 17.9 Å². The van der Waals surface area contributed by atoms with Crippen molar-refractivity contribution in [1.82, 2.24) is 10.2 Å². The van der Waals surface area contributed by atoms with Gasteiger partial charge in [0.2, 0.25) is 0 Å². The summed E-state index contributed by atoms with van der Waals surface area (Å²) in [7, 11) is 1.45. The molecular formula is C12H24N2O2. The Morgan fingerprint density at radius 2 is 1.81 bits per heavy atom. The van der Waals surface area contributed by atoms with Crippen LogP contribution in [0, 0.1) is 5.92 Å². The van der Waals surface area contributed by atoms with Crippen LogP contribution in [-0.4, -0.2) is 49.2 Å². The average molecular weight is 228 g/mol. The Morgan fingerprint density at radius 1 is 1.31 bits per heavy atom. The van der Waals surface area contributed by atoms with Crippen molar-refractivity contribution in [3.8, 4) is 0 Å². The summed E-state index contributed by atoms with van der Waals surface area (Å²) < 4.78 is 4.80. The molecule has 1 rings (SSSR count). The summed E-state index contributed by atoms with van der Waals surface area (Å²) in [4.78, 5) is 13.9. The normalized spacial score (nSPS) is 30.8. The molecule has 0 radical (unpaired) electrons. The predicted molar refractivity (Wildman–Crippen MR) is 64.3 cm³/mol. The molecule has 4 heteroatoms. The summed E-state index contributed by atoms with van der Waals surface area (Å²) in [6.45, 7) is 10.4. The van der Waals surface area contributed by atoms with E-state index in [0.29, 0.717) is 12.1 Å². The fraction of sp³-hybridized carbons (Fsp3) is 0.917. The van der Waals surface area contributed by atoms with Crippen molar-refractivity contribution >= 4 is 5.97 Å². The van der Waals surface area contributed by atoms with Crippen molar-refractivity contribution in [3.05, 3.63) is 0 Å². The topological polar surface area (TPSA) is 41.6 Å². The Labute approximate surface area is 98.3 Å². The molecule has 4 atom stereocenters. The van der Waals surface area contributed by atoms with Gasteiger partial charge in [0.15, 0.2) is 0 Å². The van der Waals surface area contributed by atoms with Crippen molar-refractivity contribution < 1.29 is 9.53 Å². The van der Waals surface area contributed by atoms with Gasteiger partial charge in [-0.25, -0.2) is 0 Å². The van der Waals surface area contributed by atoms with E-state index in [4.69, 9.17) is 4.74 Å². The second-order valence-corrected chi connectivity index (χ2v) is 4.98. The van der Waals surface area contributed by atoms with E-state index in [1.165, 1.54) is 7.11 Å². The molecule has 16 heavy (non-hydrogen) atoms. The minimum Gasteiger partial charge on any atom is -0.469 e. The third-order valence-electron chi connectivity index (χ3n) is 3.46. The molecule has 0 aromatic carbocycles. The predicted octanol–water partition coefficient (Wildman–Crippen LogP) is 0.866. The maximum absolute atomic E-state index is 11.5. The monoisotopic (exact) mass is 228 g/mol. The molecule has 94 valence electrons. The summed E-state index contributed by atoms with van der Waals surface area (Å²) in [6.07, 6.45) is 0. The molecule has 4 nitrogen and oxygen atoms in total. The van der Waals surface area contributed by atoms with Crippen molar-refractivity contribution in [2.24, 2.45) is 5.92 Å². The first-order chi connectivity index (χ1) is 7.45. The lowest BCUT2D eigenvalue weighted by Crippen LogP contribution is -2.58. The molecule has 4 unspecified atom stereocenters. The number of hydrogen-bond acceptors (Lipinski definition) is 4. The highest BCUT2D eigenvalue weighted by atomic mass is 16.5. The maximum Gasteiger partial charge on any atom is 0.309 e. The van der Waals surface area contributed by atoms with Gasteiger partial charge >= 0.3 is 5.97 Å². The second kappa shape index (κ2) is 5.64. The number of nitrogens with zero attached hydrogens (tertiary/aromatic N) is 1. The lowest BCUT2D eigenvalue weighted by Gasteiger charge is -2.41. The largest absolute Gasteiger partial charge is 0.469 e. The lowest BCUT2D eigenvalue weighted by atomic mass is 9.99. The molecule has 0 spiro atoms. The number of piperazine rings is 1. The zero-order valence-corrected chi connectivity index (χ0v) is 11.0. The molecule has 0 amide bonds. The Hall–Kier alpha value is -0.610. The van der Waals surface area contributed by atoms with Crippen LogP contribution in [0.15, 0.2) is 0 Å². The van der Waals surface area contributed by atoms with Gasteiger partial charge < -0.3 is 10.1 Å². The molecular weight excluding hydrogens is 204 g/mol. The van der Waals surface area contributed by atoms with Crippen molar-refractivity contribution in [2.45, 2.75) is 45.8 Å². The molecule has 1 N–H and O–H groups in total. The van der Waals surface area contributed by atoms with Gasteiger partial charge in [-0.3, -0.25) is 9.69 Å². The highest BCUT2D eigenvalue weighted by Gasteiger charge is 2.30. The van der Waals surface area contributed by atoms with Crippen molar-refractivity contribution in [1.29, 1.82) is 0 Å². The van der Waals surface area contributed by atoms with Gasteiger partial charge in [0.1, 0.15) is 0 Å². The zero-order chi connectivity index (χ0) is 12.3. The summed E-state index contributed by atoms with van der Waals surface area (Å²) in [5.74, 6) is -0.186. The van der Waals surface area contributed by atoms with E-state index in [1.807, 2.05) is 6.92 Å². The summed E-state index contributed by atoms with van der Waals surface area (Å²) in [6, 6.07) is 1.20. The van der Waals surface area contributed by atoms with Gasteiger partial charge in [-0.2, -0.15) is 0 Å². The molecule has 1 saturated heterocycles. The van der Waals surface area contributed by atoms with E-state index in [1.54, 1.807) is 0 Å². The Kier molecular flexibility index (Phi) is 4.74. The molecule has 0 aliphatic carbocycles. The standard InChI is InChI=1S/C12H24N2O2/c1-8-6-14(7-9(2)13-8)11(4)10(3)12(15)16-5/h8-11,13H,6-7H2,1-5H3. The van der Waals surface area contributed by atoms with Crippen LogP contribution in [0.4, 0.5) is 0 Å². The van der Waals surface area contributed by atoms with E-state index in [9.17, 15) is 4.79 Å². The number of carbonyl (C=O) groups is 1. The van der Waals surface area contributed by atoms with Gasteiger partial charge in [0.05, 0.1) is 13.0 Å². The fourth-order valence-corrected chi connectivity index (χ4v) is 2.40. The number of nitrogens with one attached hydrogen (secondary N) is 1. The molecule has 0 saturated carbocycles. The smallest absolute Gasteiger partial charge is 0.309 e. The second-order valence-electron chi connectivity index (χ2n) is 4.98. The van der Waals surface area contributed by atoms with Crippen LogP contribution in [0.5, 0.6) is 0 Å². The third kappa shape index (κ3) is 3.19. The summed E-state index contributed by atoms with van der Waals surface area (Å²) >= 11 is 0. The van der Waals surface area contributed by atoms with Gasteiger partial charge in [-0.1, -0.05) is 6.92 Å². The quantitative estimate of drug-likeness (QED) is 0.728. The number of rotatable bonds is 3. The Morgan fingerprint density at radius 3 is 2.25 bits per heavy atom. The van der Waals surface area contributed by atoms with Crippen molar-refractivity contribution in [2.75, 3.05) is 20.2 Å². The minimum atomic E-state index is -0.119. The molecule has 1 aliphatic rings. The van der Waals surface area contributed by atoms with Gasteiger partial charge in [-0.05, 0) is 20.8 Å². The summed E-state index contributed by atoms with van der Waals surface area (Å²) in [5.41, 5.74) is 0.